The van der Waals surface area contributed by atoms with Crippen molar-refractivity contribution in [2.75, 3.05) is 30.7 Å². The minimum Gasteiger partial charge on any atom is -0.398 e. The lowest BCUT2D eigenvalue weighted by atomic mass is 10.2. The first-order valence-corrected chi connectivity index (χ1v) is 5.93. The van der Waals surface area contributed by atoms with Crippen LogP contribution in [-0.2, 0) is 4.79 Å². The second-order valence-corrected chi connectivity index (χ2v) is 3.83. The van der Waals surface area contributed by atoms with Crippen molar-refractivity contribution in [1.82, 2.24) is 4.90 Å². The number of nitrogens with two attached hydrogens (primary N) is 1. The predicted molar refractivity (Wildman–Crippen MR) is 72.0 cm³/mol. The van der Waals surface area contributed by atoms with Crippen LogP contribution in [-0.4, -0.2) is 30.4 Å². The number of nitriles is 1. The first kappa shape index (κ1) is 13.8. The van der Waals surface area contributed by atoms with Crippen molar-refractivity contribution in [3.05, 3.63) is 23.8 Å². The molecule has 1 amide bonds. The summed E-state index contributed by atoms with van der Waals surface area (Å²) in [5.41, 5.74) is 7.20. The molecule has 0 aliphatic carbocycles. The highest BCUT2D eigenvalue weighted by Crippen LogP contribution is 2.16. The summed E-state index contributed by atoms with van der Waals surface area (Å²) >= 11 is 0. The van der Waals surface area contributed by atoms with E-state index in [9.17, 15) is 4.79 Å². The summed E-state index contributed by atoms with van der Waals surface area (Å²) < 4.78 is 0. The van der Waals surface area contributed by atoms with Gasteiger partial charge in [0, 0.05) is 24.5 Å². The summed E-state index contributed by atoms with van der Waals surface area (Å²) in [5, 5.41) is 11.8. The maximum absolute atomic E-state index is 11.8. The molecule has 5 heteroatoms. The summed E-state index contributed by atoms with van der Waals surface area (Å²) in [6, 6.07) is 7.06. The Hall–Kier alpha value is -2.22. The van der Waals surface area contributed by atoms with Gasteiger partial charge in [-0.15, -0.1) is 0 Å². The Morgan fingerprint density at radius 3 is 2.67 bits per heavy atom. The molecule has 0 fully saturated rings. The molecule has 3 N–H and O–H groups in total. The van der Waals surface area contributed by atoms with Gasteiger partial charge < -0.3 is 16.0 Å². The van der Waals surface area contributed by atoms with Crippen LogP contribution in [0.4, 0.5) is 11.4 Å². The van der Waals surface area contributed by atoms with Crippen molar-refractivity contribution < 1.29 is 4.79 Å². The fourth-order valence-corrected chi connectivity index (χ4v) is 1.63. The van der Waals surface area contributed by atoms with Crippen LogP contribution >= 0.6 is 0 Å². The minimum atomic E-state index is 0.0373. The van der Waals surface area contributed by atoms with E-state index in [-0.39, 0.29) is 12.5 Å². The van der Waals surface area contributed by atoms with E-state index in [2.05, 4.69) is 5.32 Å². The maximum atomic E-state index is 11.8. The standard InChI is InChI=1S/C13H18N4O/c1-3-17(4-2)13(18)9-16-11-5-6-12(15)10(7-11)8-14/h5-7,16H,3-4,9,15H2,1-2H3. The molecule has 0 heterocycles. The van der Waals surface area contributed by atoms with Crippen molar-refractivity contribution in [1.29, 1.82) is 5.26 Å². The summed E-state index contributed by atoms with van der Waals surface area (Å²) in [4.78, 5) is 13.5. The Morgan fingerprint density at radius 2 is 2.11 bits per heavy atom. The third-order valence-corrected chi connectivity index (χ3v) is 2.73. The van der Waals surface area contributed by atoms with Crippen molar-refractivity contribution in [3.8, 4) is 6.07 Å². The summed E-state index contributed by atoms with van der Waals surface area (Å²) in [7, 11) is 0. The molecule has 0 unspecified atom stereocenters. The summed E-state index contributed by atoms with van der Waals surface area (Å²) in [5.74, 6) is 0.0373. The number of nitrogen functional groups attached to an aromatic ring is 1. The second-order valence-electron chi connectivity index (χ2n) is 3.83. The van der Waals surface area contributed by atoms with Gasteiger partial charge in [-0.2, -0.15) is 5.26 Å². The molecule has 0 radical (unpaired) electrons. The molecule has 0 aliphatic heterocycles. The topological polar surface area (TPSA) is 82.2 Å². The molecule has 1 rings (SSSR count). The van der Waals surface area contributed by atoms with Gasteiger partial charge in [0.25, 0.3) is 0 Å². The molecule has 0 atom stereocenters. The van der Waals surface area contributed by atoms with E-state index in [0.29, 0.717) is 24.3 Å². The first-order chi connectivity index (χ1) is 8.62. The zero-order valence-electron chi connectivity index (χ0n) is 10.7. The number of rotatable bonds is 5. The highest BCUT2D eigenvalue weighted by molar-refractivity contribution is 5.81. The van der Waals surface area contributed by atoms with E-state index < -0.39 is 0 Å². The van der Waals surface area contributed by atoms with Crippen LogP contribution < -0.4 is 11.1 Å². The molecule has 1 aromatic rings. The van der Waals surface area contributed by atoms with Crippen LogP contribution in [0.2, 0.25) is 0 Å². The van der Waals surface area contributed by atoms with Gasteiger partial charge >= 0.3 is 0 Å². The molecular weight excluding hydrogens is 228 g/mol. The molecule has 0 aromatic heterocycles. The molecule has 5 nitrogen and oxygen atoms in total. The predicted octanol–water partition coefficient (Wildman–Crippen LogP) is 1.42. The number of likely N-dealkylation sites (N-methyl/N-ethyl adjacent to an activating group) is 1. The van der Waals surface area contributed by atoms with Crippen LogP contribution in [0.1, 0.15) is 19.4 Å². The minimum absolute atomic E-state index is 0.0373. The van der Waals surface area contributed by atoms with E-state index in [1.807, 2.05) is 19.9 Å². The van der Waals surface area contributed by atoms with Gasteiger partial charge in [-0.25, -0.2) is 0 Å². The molecule has 18 heavy (non-hydrogen) atoms. The lowest BCUT2D eigenvalue weighted by Crippen LogP contribution is -2.35. The Bertz CT molecular complexity index is 461. The fraction of sp³-hybridized carbons (Fsp3) is 0.385. The molecule has 0 spiro atoms. The van der Waals surface area contributed by atoms with Crippen LogP contribution in [0.3, 0.4) is 0 Å². The molecule has 0 aliphatic rings. The molecule has 1 aromatic carbocycles. The van der Waals surface area contributed by atoms with Gasteiger partial charge in [-0.1, -0.05) is 0 Å². The normalized spacial score (nSPS) is 9.61. The molecule has 0 bridgehead atoms. The van der Waals surface area contributed by atoms with Gasteiger partial charge in [-0.3, -0.25) is 4.79 Å². The SMILES string of the molecule is CCN(CC)C(=O)CNc1ccc(N)c(C#N)c1. The quantitative estimate of drug-likeness (QED) is 0.770. The van der Waals surface area contributed by atoms with Gasteiger partial charge in [-0.05, 0) is 32.0 Å². The summed E-state index contributed by atoms with van der Waals surface area (Å²) in [6.45, 7) is 5.50. The number of carbonyl (C=O) groups is 1. The van der Waals surface area contributed by atoms with Gasteiger partial charge in [0.2, 0.25) is 5.91 Å². The number of benzene rings is 1. The van der Waals surface area contributed by atoms with Gasteiger partial charge in [0.1, 0.15) is 6.07 Å². The summed E-state index contributed by atoms with van der Waals surface area (Å²) in [6.07, 6.45) is 0. The van der Waals surface area contributed by atoms with Crippen molar-refractivity contribution >= 4 is 17.3 Å². The lowest BCUT2D eigenvalue weighted by Gasteiger charge is -2.19. The van der Waals surface area contributed by atoms with Crippen molar-refractivity contribution in [3.63, 3.8) is 0 Å². The van der Waals surface area contributed by atoms with Crippen LogP contribution in [0.25, 0.3) is 0 Å². The zero-order valence-corrected chi connectivity index (χ0v) is 10.7. The van der Waals surface area contributed by atoms with Crippen LogP contribution in [0.15, 0.2) is 18.2 Å². The van der Waals surface area contributed by atoms with E-state index in [1.54, 1.807) is 23.1 Å². The number of hydrogen-bond donors (Lipinski definition) is 2. The lowest BCUT2D eigenvalue weighted by molar-refractivity contribution is -0.128. The highest BCUT2D eigenvalue weighted by Gasteiger charge is 2.09. The van der Waals surface area contributed by atoms with Crippen LogP contribution in [0, 0.1) is 11.3 Å². The zero-order chi connectivity index (χ0) is 13.5. The number of carbonyl (C=O) groups excluding carboxylic acids is 1. The van der Waals surface area contributed by atoms with E-state index in [4.69, 9.17) is 11.0 Å². The smallest absolute Gasteiger partial charge is 0.241 e. The maximum Gasteiger partial charge on any atom is 0.241 e. The number of amides is 1. The van der Waals surface area contributed by atoms with E-state index in [0.717, 1.165) is 5.69 Å². The average Bonchev–Trinajstić information content (AvgIpc) is 2.39. The third-order valence-electron chi connectivity index (χ3n) is 2.73. The van der Waals surface area contributed by atoms with Crippen molar-refractivity contribution in [2.24, 2.45) is 0 Å². The van der Waals surface area contributed by atoms with E-state index in [1.165, 1.54) is 0 Å². The molecule has 0 saturated heterocycles. The first-order valence-electron chi connectivity index (χ1n) is 5.93. The van der Waals surface area contributed by atoms with Gasteiger partial charge in [0.15, 0.2) is 0 Å². The Kier molecular flexibility index (Phi) is 5.00. The number of nitrogens with zero attached hydrogens (tertiary/aromatic N) is 2. The Balaban J connectivity index is 2.64. The molecular formula is C13H18N4O. The number of nitrogens with one attached hydrogen (secondary N) is 1. The second kappa shape index (κ2) is 6.50. The number of anilines is 2. The van der Waals surface area contributed by atoms with Crippen molar-refractivity contribution in [2.45, 2.75) is 13.8 Å². The average molecular weight is 246 g/mol. The highest BCUT2D eigenvalue weighted by atomic mass is 16.2. The monoisotopic (exact) mass is 246 g/mol. The third kappa shape index (κ3) is 3.39. The fourth-order valence-electron chi connectivity index (χ4n) is 1.63. The number of hydrogen-bond acceptors (Lipinski definition) is 4. The Labute approximate surface area is 107 Å². The van der Waals surface area contributed by atoms with E-state index >= 15 is 0 Å². The largest absolute Gasteiger partial charge is 0.398 e. The van der Waals surface area contributed by atoms with Gasteiger partial charge in [0.05, 0.1) is 12.1 Å². The Morgan fingerprint density at radius 1 is 1.44 bits per heavy atom. The van der Waals surface area contributed by atoms with Crippen LogP contribution in [0.5, 0.6) is 0 Å². The molecule has 0 saturated carbocycles. The molecule has 96 valence electrons.